The maximum atomic E-state index is 11.0. The molecule has 20 heavy (non-hydrogen) atoms. The van der Waals surface area contributed by atoms with Crippen molar-refractivity contribution in [3.05, 3.63) is 0 Å². The third-order valence-electron chi connectivity index (χ3n) is 2.17. The number of hydroxylamine groups is 2. The van der Waals surface area contributed by atoms with Crippen LogP contribution in [0.4, 0.5) is 9.59 Å². The number of rotatable bonds is 7. The first kappa shape index (κ1) is 19.1. The fourth-order valence-corrected chi connectivity index (χ4v) is 1.50. The summed E-state index contributed by atoms with van der Waals surface area (Å²) in [6, 6.07) is 0. The third-order valence-corrected chi connectivity index (χ3v) is 2.59. The molecule has 0 aliphatic carbocycles. The molecule has 0 saturated heterocycles. The van der Waals surface area contributed by atoms with Gasteiger partial charge in [-0.3, -0.25) is 0 Å². The quantitative estimate of drug-likeness (QED) is 0.282. The van der Waals surface area contributed by atoms with E-state index in [1.807, 2.05) is 0 Å². The Labute approximate surface area is 118 Å². The molecule has 0 unspecified atom stereocenters. The van der Waals surface area contributed by atoms with Gasteiger partial charge in [-0.2, -0.15) is 0 Å². The van der Waals surface area contributed by atoms with E-state index in [1.54, 1.807) is 0 Å². The first-order chi connectivity index (χ1) is 9.18. The topological polar surface area (TPSA) is 168 Å². The maximum absolute atomic E-state index is 11.0. The second kappa shape index (κ2) is 9.07. The highest BCUT2D eigenvalue weighted by molar-refractivity contribution is 8.25. The van der Waals surface area contributed by atoms with Gasteiger partial charge in [-0.25, -0.2) is 9.59 Å². The molecule has 0 saturated carbocycles. The van der Waals surface area contributed by atoms with Crippen LogP contribution in [0.1, 0.15) is 0 Å². The lowest BCUT2D eigenvalue weighted by atomic mass is 10.0. The summed E-state index contributed by atoms with van der Waals surface area (Å²) >= 11 is -0.120. The van der Waals surface area contributed by atoms with Crippen molar-refractivity contribution in [2.75, 3.05) is 20.2 Å². The Hall–Kier alpha value is -0.950. The standard InChI is InChI=1S/C9H17NO9S/c1-10(19-9(18)20-8(16)17)2-4(12)6(14)7(15)5(13)3-11/h4-7,11-15H,2-3H2,1H3,(H,16,17)/t4-,5+,6+,7+/m0/s1. The van der Waals surface area contributed by atoms with Crippen molar-refractivity contribution in [3.63, 3.8) is 0 Å². The number of carbonyl (C=O) groups is 2. The number of thioether (sulfide) groups is 1. The summed E-state index contributed by atoms with van der Waals surface area (Å²) < 4.78 is 0. The number of aliphatic hydroxyl groups is 5. The van der Waals surface area contributed by atoms with Crippen LogP contribution in [-0.2, 0) is 4.84 Å². The summed E-state index contributed by atoms with van der Waals surface area (Å²) in [6.45, 7) is -1.27. The number of hydrogen-bond acceptors (Lipinski definition) is 10. The van der Waals surface area contributed by atoms with Crippen molar-refractivity contribution < 1.29 is 45.1 Å². The number of likely N-dealkylation sites (N-methyl/N-ethyl adjacent to an activating group) is 1. The van der Waals surface area contributed by atoms with Gasteiger partial charge in [0.2, 0.25) is 0 Å². The van der Waals surface area contributed by atoms with Gasteiger partial charge >= 0.3 is 10.6 Å². The highest BCUT2D eigenvalue weighted by Crippen LogP contribution is 2.10. The van der Waals surface area contributed by atoms with E-state index in [4.69, 9.17) is 15.3 Å². The monoisotopic (exact) mass is 315 g/mol. The van der Waals surface area contributed by atoms with Gasteiger partial charge in [0, 0.05) is 7.05 Å². The lowest BCUT2D eigenvalue weighted by molar-refractivity contribution is -0.145. The van der Waals surface area contributed by atoms with Gasteiger partial charge in [0.15, 0.2) is 0 Å². The molecule has 0 fully saturated rings. The first-order valence-electron chi connectivity index (χ1n) is 5.36. The van der Waals surface area contributed by atoms with Gasteiger partial charge in [0.25, 0.3) is 0 Å². The Morgan fingerprint density at radius 3 is 2.10 bits per heavy atom. The summed E-state index contributed by atoms with van der Waals surface area (Å²) in [7, 11) is 1.19. The zero-order chi connectivity index (χ0) is 15.9. The molecule has 0 aromatic carbocycles. The van der Waals surface area contributed by atoms with E-state index in [1.165, 1.54) is 7.05 Å². The van der Waals surface area contributed by atoms with Gasteiger partial charge in [-0.1, -0.05) is 0 Å². The van der Waals surface area contributed by atoms with Gasteiger partial charge < -0.3 is 35.5 Å². The second-order valence-corrected chi connectivity index (χ2v) is 4.70. The molecule has 0 aliphatic rings. The largest absolute Gasteiger partial charge is 0.473 e. The van der Waals surface area contributed by atoms with Gasteiger partial charge in [-0.15, -0.1) is 5.06 Å². The zero-order valence-electron chi connectivity index (χ0n) is 10.5. The molecule has 0 radical (unpaired) electrons. The van der Waals surface area contributed by atoms with Crippen molar-refractivity contribution in [2.45, 2.75) is 24.4 Å². The Kier molecular flexibility index (Phi) is 8.64. The Bertz CT molecular complexity index is 329. The van der Waals surface area contributed by atoms with Crippen molar-refractivity contribution in [1.82, 2.24) is 5.06 Å². The van der Waals surface area contributed by atoms with Gasteiger partial charge in [0.1, 0.15) is 18.3 Å². The summed E-state index contributed by atoms with van der Waals surface area (Å²) in [5, 5.41) is 52.5. The minimum absolute atomic E-state index is 0.120. The molecule has 0 rings (SSSR count). The van der Waals surface area contributed by atoms with Crippen LogP contribution >= 0.6 is 11.8 Å². The van der Waals surface area contributed by atoms with Crippen molar-refractivity contribution in [1.29, 1.82) is 0 Å². The van der Waals surface area contributed by atoms with Crippen LogP contribution < -0.4 is 0 Å². The highest BCUT2D eigenvalue weighted by atomic mass is 32.2. The number of carboxylic acid groups (broad SMARTS) is 1. The molecule has 118 valence electrons. The molecule has 10 nitrogen and oxygen atoms in total. The first-order valence-corrected chi connectivity index (χ1v) is 6.17. The average molecular weight is 315 g/mol. The second-order valence-electron chi connectivity index (χ2n) is 3.82. The van der Waals surface area contributed by atoms with Crippen LogP contribution in [0.15, 0.2) is 0 Å². The lowest BCUT2D eigenvalue weighted by Crippen LogP contribution is -2.49. The fourth-order valence-electron chi connectivity index (χ4n) is 1.19. The van der Waals surface area contributed by atoms with Crippen LogP contribution in [-0.4, -0.2) is 90.9 Å². The highest BCUT2D eigenvalue weighted by Gasteiger charge is 2.31. The Morgan fingerprint density at radius 2 is 1.65 bits per heavy atom. The van der Waals surface area contributed by atoms with Crippen molar-refractivity contribution >= 4 is 22.4 Å². The van der Waals surface area contributed by atoms with E-state index >= 15 is 0 Å². The molecule has 0 heterocycles. The average Bonchev–Trinajstić information content (AvgIpc) is 2.34. The fraction of sp³-hybridized carbons (Fsp3) is 0.778. The molecule has 4 atom stereocenters. The third kappa shape index (κ3) is 7.00. The molecule has 0 aromatic heterocycles. The lowest BCUT2D eigenvalue weighted by Gasteiger charge is -2.27. The molecule has 11 heteroatoms. The van der Waals surface area contributed by atoms with Crippen LogP contribution in [0.3, 0.4) is 0 Å². The summed E-state index contributed by atoms with van der Waals surface area (Å²) in [5.74, 6) is 0. The molecule has 0 aliphatic heterocycles. The van der Waals surface area contributed by atoms with E-state index < -0.39 is 48.2 Å². The molecule has 0 spiro atoms. The Balaban J connectivity index is 4.27. The summed E-state index contributed by atoms with van der Waals surface area (Å²) in [5.41, 5.74) is 0. The Morgan fingerprint density at radius 1 is 1.15 bits per heavy atom. The molecular weight excluding hydrogens is 298 g/mol. The zero-order valence-corrected chi connectivity index (χ0v) is 11.3. The van der Waals surface area contributed by atoms with Crippen LogP contribution in [0.25, 0.3) is 0 Å². The van der Waals surface area contributed by atoms with Crippen LogP contribution in [0.5, 0.6) is 0 Å². The number of carbonyl (C=O) groups excluding carboxylic acids is 1. The minimum atomic E-state index is -1.80. The molecule has 0 amide bonds. The van der Waals surface area contributed by atoms with E-state index in [9.17, 15) is 24.9 Å². The number of aliphatic hydroxyl groups excluding tert-OH is 5. The van der Waals surface area contributed by atoms with E-state index in [-0.39, 0.29) is 11.8 Å². The predicted molar refractivity (Wildman–Crippen MR) is 65.8 cm³/mol. The van der Waals surface area contributed by atoms with Gasteiger partial charge in [-0.05, 0) is 0 Å². The summed E-state index contributed by atoms with van der Waals surface area (Å²) in [6.07, 6.45) is -6.85. The van der Waals surface area contributed by atoms with Gasteiger partial charge in [0.05, 0.1) is 31.0 Å². The molecule has 0 aromatic rings. The molecule has 6 N–H and O–H groups in total. The maximum Gasteiger partial charge on any atom is 0.397 e. The van der Waals surface area contributed by atoms with E-state index in [0.29, 0.717) is 0 Å². The number of nitrogens with zero attached hydrogens (tertiary/aromatic N) is 1. The molecule has 0 bridgehead atoms. The minimum Gasteiger partial charge on any atom is -0.473 e. The summed E-state index contributed by atoms with van der Waals surface area (Å²) in [4.78, 5) is 25.6. The normalized spacial score (nSPS) is 17.4. The predicted octanol–water partition coefficient (Wildman–Crippen LogP) is -2.18. The van der Waals surface area contributed by atoms with Crippen molar-refractivity contribution in [2.24, 2.45) is 0 Å². The SMILES string of the molecule is CN(C[C@H](O)[C@@H](O)[C@H](O)[C@H](O)CO)OC(=O)SC(=O)O. The van der Waals surface area contributed by atoms with Crippen LogP contribution in [0, 0.1) is 0 Å². The van der Waals surface area contributed by atoms with Crippen LogP contribution in [0.2, 0.25) is 0 Å². The van der Waals surface area contributed by atoms with E-state index in [2.05, 4.69) is 4.84 Å². The molecular formula is C9H17NO9S. The number of hydrogen-bond donors (Lipinski definition) is 6. The van der Waals surface area contributed by atoms with Crippen molar-refractivity contribution in [3.8, 4) is 0 Å². The smallest absolute Gasteiger partial charge is 0.397 e. The van der Waals surface area contributed by atoms with E-state index in [0.717, 1.165) is 5.06 Å².